The van der Waals surface area contributed by atoms with Crippen LogP contribution in [0.3, 0.4) is 0 Å². The minimum Gasteiger partial charge on any atom is -0.383 e. The van der Waals surface area contributed by atoms with Gasteiger partial charge in [0, 0.05) is 19.3 Å². The predicted molar refractivity (Wildman–Crippen MR) is 81.9 cm³/mol. The van der Waals surface area contributed by atoms with E-state index in [9.17, 15) is 4.79 Å². The molecule has 1 aliphatic rings. The standard InChI is InChI=1S/C16H25N3O/c1-3-9-18-14-11-17-10-6-13(14)15(20)19-12-16(2)7-4-5-8-16/h6,10-11,18H,3-5,7-9,12H2,1-2H3,(H,19,20). The summed E-state index contributed by atoms with van der Waals surface area (Å²) in [6, 6.07) is 1.78. The minimum absolute atomic E-state index is 0.000807. The first-order valence-corrected chi connectivity index (χ1v) is 7.61. The first-order valence-electron chi connectivity index (χ1n) is 7.61. The summed E-state index contributed by atoms with van der Waals surface area (Å²) in [4.78, 5) is 16.4. The van der Waals surface area contributed by atoms with Gasteiger partial charge in [-0.25, -0.2) is 0 Å². The summed E-state index contributed by atoms with van der Waals surface area (Å²) in [7, 11) is 0. The number of hydrogen-bond acceptors (Lipinski definition) is 3. The van der Waals surface area contributed by atoms with Crippen molar-refractivity contribution in [3.63, 3.8) is 0 Å². The Morgan fingerprint density at radius 3 is 2.85 bits per heavy atom. The fourth-order valence-electron chi connectivity index (χ4n) is 2.79. The van der Waals surface area contributed by atoms with Crippen LogP contribution in [0, 0.1) is 5.41 Å². The van der Waals surface area contributed by atoms with Crippen molar-refractivity contribution in [1.29, 1.82) is 0 Å². The number of aromatic nitrogens is 1. The maximum Gasteiger partial charge on any atom is 0.253 e. The van der Waals surface area contributed by atoms with Crippen molar-refractivity contribution < 1.29 is 4.79 Å². The van der Waals surface area contributed by atoms with E-state index in [-0.39, 0.29) is 11.3 Å². The molecule has 1 amide bonds. The van der Waals surface area contributed by atoms with Crippen molar-refractivity contribution in [2.75, 3.05) is 18.4 Å². The lowest BCUT2D eigenvalue weighted by molar-refractivity contribution is 0.0935. The normalized spacial score (nSPS) is 16.9. The van der Waals surface area contributed by atoms with Crippen LogP contribution in [0.2, 0.25) is 0 Å². The highest BCUT2D eigenvalue weighted by atomic mass is 16.1. The largest absolute Gasteiger partial charge is 0.383 e. The first kappa shape index (κ1) is 14.8. The molecule has 20 heavy (non-hydrogen) atoms. The van der Waals surface area contributed by atoms with Gasteiger partial charge in [-0.05, 0) is 30.7 Å². The van der Waals surface area contributed by atoms with Crippen LogP contribution in [0.4, 0.5) is 5.69 Å². The Morgan fingerprint density at radius 2 is 2.15 bits per heavy atom. The van der Waals surface area contributed by atoms with Gasteiger partial charge in [-0.3, -0.25) is 9.78 Å². The highest BCUT2D eigenvalue weighted by Crippen LogP contribution is 2.36. The van der Waals surface area contributed by atoms with Crippen LogP contribution in [0.5, 0.6) is 0 Å². The van der Waals surface area contributed by atoms with E-state index in [1.165, 1.54) is 25.7 Å². The molecular weight excluding hydrogens is 250 g/mol. The molecule has 4 heteroatoms. The van der Waals surface area contributed by atoms with Gasteiger partial charge in [-0.2, -0.15) is 0 Å². The van der Waals surface area contributed by atoms with Crippen molar-refractivity contribution in [3.8, 4) is 0 Å². The Balaban J connectivity index is 1.98. The average molecular weight is 275 g/mol. The number of carbonyl (C=O) groups excluding carboxylic acids is 1. The summed E-state index contributed by atoms with van der Waals surface area (Å²) in [6.45, 7) is 5.98. The monoisotopic (exact) mass is 275 g/mol. The second-order valence-corrected chi connectivity index (χ2v) is 6.05. The van der Waals surface area contributed by atoms with Crippen molar-refractivity contribution in [3.05, 3.63) is 24.0 Å². The third-order valence-electron chi connectivity index (χ3n) is 4.12. The number of hydrogen-bond donors (Lipinski definition) is 2. The van der Waals surface area contributed by atoms with Gasteiger partial charge in [0.15, 0.2) is 0 Å². The van der Waals surface area contributed by atoms with E-state index in [0.717, 1.165) is 25.2 Å². The fourth-order valence-corrected chi connectivity index (χ4v) is 2.79. The zero-order chi connectivity index (χ0) is 14.4. The van der Waals surface area contributed by atoms with Gasteiger partial charge in [0.05, 0.1) is 17.4 Å². The maximum atomic E-state index is 12.3. The summed E-state index contributed by atoms with van der Waals surface area (Å²) < 4.78 is 0. The van der Waals surface area contributed by atoms with E-state index in [1.807, 2.05) is 0 Å². The summed E-state index contributed by atoms with van der Waals surface area (Å²) in [5, 5.41) is 6.35. The number of nitrogens with one attached hydrogen (secondary N) is 2. The van der Waals surface area contributed by atoms with E-state index in [2.05, 4.69) is 29.5 Å². The lowest BCUT2D eigenvalue weighted by Crippen LogP contribution is -2.34. The molecule has 0 aromatic carbocycles. The van der Waals surface area contributed by atoms with Crippen LogP contribution >= 0.6 is 0 Å². The number of nitrogens with zero attached hydrogens (tertiary/aromatic N) is 1. The molecule has 1 aliphatic carbocycles. The highest BCUT2D eigenvalue weighted by Gasteiger charge is 2.29. The topological polar surface area (TPSA) is 54.0 Å². The third-order valence-corrected chi connectivity index (χ3v) is 4.12. The molecule has 1 saturated carbocycles. The average Bonchev–Trinajstić information content (AvgIpc) is 2.90. The molecule has 0 saturated heterocycles. The van der Waals surface area contributed by atoms with Crippen LogP contribution in [0.1, 0.15) is 56.3 Å². The number of anilines is 1. The molecule has 110 valence electrons. The third kappa shape index (κ3) is 3.71. The van der Waals surface area contributed by atoms with Crippen LogP contribution in [0.15, 0.2) is 18.5 Å². The molecule has 1 fully saturated rings. The van der Waals surface area contributed by atoms with Crippen molar-refractivity contribution in [2.45, 2.75) is 46.0 Å². The number of carbonyl (C=O) groups is 1. The summed E-state index contributed by atoms with van der Waals surface area (Å²) >= 11 is 0. The molecule has 1 heterocycles. The zero-order valence-corrected chi connectivity index (χ0v) is 12.5. The zero-order valence-electron chi connectivity index (χ0n) is 12.5. The van der Waals surface area contributed by atoms with E-state index in [1.54, 1.807) is 18.5 Å². The Morgan fingerprint density at radius 1 is 1.40 bits per heavy atom. The molecule has 0 spiro atoms. The van der Waals surface area contributed by atoms with Gasteiger partial charge >= 0.3 is 0 Å². The van der Waals surface area contributed by atoms with Crippen molar-refractivity contribution in [1.82, 2.24) is 10.3 Å². The molecule has 2 rings (SSSR count). The van der Waals surface area contributed by atoms with E-state index >= 15 is 0 Å². The van der Waals surface area contributed by atoms with Gasteiger partial charge in [-0.1, -0.05) is 26.7 Å². The van der Waals surface area contributed by atoms with E-state index < -0.39 is 0 Å². The Hall–Kier alpha value is -1.58. The van der Waals surface area contributed by atoms with Crippen LogP contribution in [-0.4, -0.2) is 24.0 Å². The van der Waals surface area contributed by atoms with Gasteiger partial charge in [0.1, 0.15) is 0 Å². The van der Waals surface area contributed by atoms with Gasteiger partial charge < -0.3 is 10.6 Å². The van der Waals surface area contributed by atoms with E-state index in [0.29, 0.717) is 5.56 Å². The minimum atomic E-state index is -0.000807. The van der Waals surface area contributed by atoms with Crippen LogP contribution in [0.25, 0.3) is 0 Å². The molecule has 0 aliphatic heterocycles. The SMILES string of the molecule is CCCNc1cnccc1C(=O)NCC1(C)CCCC1. The molecule has 2 N–H and O–H groups in total. The molecule has 4 nitrogen and oxygen atoms in total. The lowest BCUT2D eigenvalue weighted by Gasteiger charge is -2.24. The summed E-state index contributed by atoms with van der Waals surface area (Å²) in [5.74, 6) is -0.000807. The molecular formula is C16H25N3O. The smallest absolute Gasteiger partial charge is 0.253 e. The number of amides is 1. The Labute approximate surface area is 121 Å². The maximum absolute atomic E-state index is 12.3. The summed E-state index contributed by atoms with van der Waals surface area (Å²) in [5.41, 5.74) is 1.79. The van der Waals surface area contributed by atoms with Gasteiger partial charge in [-0.15, -0.1) is 0 Å². The molecule has 1 aromatic heterocycles. The fraction of sp³-hybridized carbons (Fsp3) is 0.625. The molecule has 0 unspecified atom stereocenters. The second kappa shape index (κ2) is 6.73. The number of rotatable bonds is 6. The Bertz CT molecular complexity index is 453. The second-order valence-electron chi connectivity index (χ2n) is 6.05. The van der Waals surface area contributed by atoms with E-state index in [4.69, 9.17) is 0 Å². The predicted octanol–water partition coefficient (Wildman–Crippen LogP) is 3.21. The van der Waals surface area contributed by atoms with Crippen molar-refractivity contribution >= 4 is 11.6 Å². The van der Waals surface area contributed by atoms with Crippen molar-refractivity contribution in [2.24, 2.45) is 5.41 Å². The molecule has 1 aromatic rings. The Kier molecular flexibility index (Phi) is 4.99. The van der Waals surface area contributed by atoms with Gasteiger partial charge in [0.25, 0.3) is 5.91 Å². The van der Waals surface area contributed by atoms with Gasteiger partial charge in [0.2, 0.25) is 0 Å². The molecule has 0 radical (unpaired) electrons. The highest BCUT2D eigenvalue weighted by molar-refractivity contribution is 5.99. The molecule has 0 atom stereocenters. The number of pyridine rings is 1. The summed E-state index contributed by atoms with van der Waals surface area (Å²) in [6.07, 6.45) is 9.41. The van der Waals surface area contributed by atoms with Crippen LogP contribution < -0.4 is 10.6 Å². The first-order chi connectivity index (χ1) is 9.64. The van der Waals surface area contributed by atoms with Crippen LogP contribution in [-0.2, 0) is 0 Å². The molecule has 0 bridgehead atoms. The quantitative estimate of drug-likeness (QED) is 0.838. The lowest BCUT2D eigenvalue weighted by atomic mass is 9.89.